The Labute approximate surface area is 90.5 Å². The minimum atomic E-state index is -0.704. The molecule has 0 spiro atoms. The van der Waals surface area contributed by atoms with E-state index < -0.39 is 5.60 Å². The summed E-state index contributed by atoms with van der Waals surface area (Å²) in [5, 5.41) is 10.5. The predicted octanol–water partition coefficient (Wildman–Crippen LogP) is 0.668. The number of hydrogen-bond acceptors (Lipinski definition) is 3. The van der Waals surface area contributed by atoms with E-state index >= 15 is 0 Å². The minimum Gasteiger partial charge on any atom is -0.384 e. The largest absolute Gasteiger partial charge is 0.384 e. The molecular weight excluding hydrogens is 188 g/mol. The molecule has 1 aromatic carbocycles. The quantitative estimate of drug-likeness (QED) is 0.747. The van der Waals surface area contributed by atoms with Crippen LogP contribution in [0.4, 0.5) is 0 Å². The summed E-state index contributed by atoms with van der Waals surface area (Å²) >= 11 is 0. The van der Waals surface area contributed by atoms with Crippen molar-refractivity contribution in [1.82, 2.24) is 4.90 Å². The lowest BCUT2D eigenvalue weighted by atomic mass is 9.89. The molecule has 0 aromatic heterocycles. The van der Waals surface area contributed by atoms with E-state index in [9.17, 15) is 5.11 Å². The zero-order valence-electron chi connectivity index (χ0n) is 9.11. The van der Waals surface area contributed by atoms with Crippen molar-refractivity contribution < 1.29 is 5.11 Å². The molecule has 0 bridgehead atoms. The summed E-state index contributed by atoms with van der Waals surface area (Å²) in [6.45, 7) is 2.13. The third-order valence-electron chi connectivity index (χ3n) is 3.18. The summed E-state index contributed by atoms with van der Waals surface area (Å²) in [5.41, 5.74) is 7.03. The Bertz CT molecular complexity index is 353. The standard InChI is InChI=1S/C12H18N2O/c1-14-7-6-12(15,9-14)11-5-3-2-4-10(11)8-13/h2-5,15H,6-9,13H2,1H3. The second-order valence-electron chi connectivity index (χ2n) is 4.38. The fraction of sp³-hybridized carbons (Fsp3) is 0.500. The Morgan fingerprint density at radius 2 is 2.20 bits per heavy atom. The van der Waals surface area contributed by atoms with Crippen LogP contribution in [-0.4, -0.2) is 30.1 Å². The van der Waals surface area contributed by atoms with Gasteiger partial charge >= 0.3 is 0 Å². The highest BCUT2D eigenvalue weighted by molar-refractivity contribution is 5.33. The van der Waals surface area contributed by atoms with Gasteiger partial charge in [0.15, 0.2) is 0 Å². The van der Waals surface area contributed by atoms with E-state index in [1.165, 1.54) is 0 Å². The zero-order chi connectivity index (χ0) is 10.9. The molecule has 82 valence electrons. The van der Waals surface area contributed by atoms with Crippen LogP contribution in [0.5, 0.6) is 0 Å². The number of aliphatic hydroxyl groups is 1. The minimum absolute atomic E-state index is 0.488. The van der Waals surface area contributed by atoms with Crippen molar-refractivity contribution >= 4 is 0 Å². The Hall–Kier alpha value is -0.900. The molecular formula is C12H18N2O. The van der Waals surface area contributed by atoms with Crippen LogP contribution in [-0.2, 0) is 12.1 Å². The average Bonchev–Trinajstić information content (AvgIpc) is 2.60. The third-order valence-corrected chi connectivity index (χ3v) is 3.18. The van der Waals surface area contributed by atoms with Gasteiger partial charge in [0.25, 0.3) is 0 Å². The molecule has 2 rings (SSSR count). The van der Waals surface area contributed by atoms with Crippen molar-refractivity contribution in [2.75, 3.05) is 20.1 Å². The van der Waals surface area contributed by atoms with Crippen LogP contribution in [0.15, 0.2) is 24.3 Å². The van der Waals surface area contributed by atoms with Gasteiger partial charge in [0, 0.05) is 19.6 Å². The second-order valence-corrected chi connectivity index (χ2v) is 4.38. The van der Waals surface area contributed by atoms with Crippen LogP contribution in [0.2, 0.25) is 0 Å². The molecule has 3 heteroatoms. The van der Waals surface area contributed by atoms with Crippen molar-refractivity contribution in [1.29, 1.82) is 0 Å². The summed E-state index contributed by atoms with van der Waals surface area (Å²) in [5.74, 6) is 0. The molecule has 0 radical (unpaired) electrons. The molecule has 0 amide bonds. The molecule has 3 N–H and O–H groups in total. The highest BCUT2D eigenvalue weighted by Gasteiger charge is 2.37. The van der Waals surface area contributed by atoms with Gasteiger partial charge in [-0.25, -0.2) is 0 Å². The summed E-state index contributed by atoms with van der Waals surface area (Å²) in [7, 11) is 2.03. The fourth-order valence-electron chi connectivity index (χ4n) is 2.35. The van der Waals surface area contributed by atoms with Crippen LogP contribution in [0.1, 0.15) is 17.5 Å². The maximum absolute atomic E-state index is 10.5. The first-order chi connectivity index (χ1) is 7.15. The molecule has 15 heavy (non-hydrogen) atoms. The third kappa shape index (κ3) is 1.91. The maximum atomic E-state index is 10.5. The second kappa shape index (κ2) is 3.93. The van der Waals surface area contributed by atoms with Crippen molar-refractivity contribution in [3.05, 3.63) is 35.4 Å². The van der Waals surface area contributed by atoms with Gasteiger partial charge in [0.1, 0.15) is 5.60 Å². The summed E-state index contributed by atoms with van der Waals surface area (Å²) in [4.78, 5) is 2.15. The topological polar surface area (TPSA) is 49.5 Å². The first kappa shape index (κ1) is 10.6. The molecule has 1 aromatic rings. The van der Waals surface area contributed by atoms with Crippen LogP contribution in [0.3, 0.4) is 0 Å². The molecule has 1 aliphatic heterocycles. The van der Waals surface area contributed by atoms with E-state index in [1.54, 1.807) is 0 Å². The Morgan fingerprint density at radius 3 is 2.80 bits per heavy atom. The number of likely N-dealkylation sites (N-methyl/N-ethyl adjacent to an activating group) is 1. The van der Waals surface area contributed by atoms with Gasteiger partial charge in [-0.05, 0) is 24.6 Å². The first-order valence-electron chi connectivity index (χ1n) is 5.35. The van der Waals surface area contributed by atoms with Crippen LogP contribution in [0, 0.1) is 0 Å². The number of likely N-dealkylation sites (tertiary alicyclic amines) is 1. The molecule has 0 aliphatic carbocycles. The van der Waals surface area contributed by atoms with Gasteiger partial charge < -0.3 is 15.7 Å². The summed E-state index contributed by atoms with van der Waals surface area (Å²) < 4.78 is 0. The van der Waals surface area contributed by atoms with E-state index in [4.69, 9.17) is 5.73 Å². The smallest absolute Gasteiger partial charge is 0.104 e. The van der Waals surface area contributed by atoms with Crippen molar-refractivity contribution in [3.63, 3.8) is 0 Å². The number of benzene rings is 1. The summed E-state index contributed by atoms with van der Waals surface area (Å²) in [6.07, 6.45) is 0.792. The number of rotatable bonds is 2. The molecule has 1 atom stereocenters. The Balaban J connectivity index is 2.36. The lowest BCUT2D eigenvalue weighted by Crippen LogP contribution is -2.30. The number of nitrogens with two attached hydrogens (primary N) is 1. The predicted molar refractivity (Wildman–Crippen MR) is 60.3 cm³/mol. The molecule has 1 heterocycles. The molecule has 3 nitrogen and oxygen atoms in total. The van der Waals surface area contributed by atoms with Crippen LogP contribution in [0.25, 0.3) is 0 Å². The van der Waals surface area contributed by atoms with Gasteiger partial charge in [-0.1, -0.05) is 24.3 Å². The van der Waals surface area contributed by atoms with Crippen molar-refractivity contribution in [2.24, 2.45) is 5.73 Å². The molecule has 1 fully saturated rings. The van der Waals surface area contributed by atoms with E-state index in [0.717, 1.165) is 24.1 Å². The van der Waals surface area contributed by atoms with E-state index in [0.29, 0.717) is 13.1 Å². The lowest BCUT2D eigenvalue weighted by Gasteiger charge is -2.25. The Kier molecular flexibility index (Phi) is 2.78. The van der Waals surface area contributed by atoms with Gasteiger partial charge in [-0.15, -0.1) is 0 Å². The normalized spacial score (nSPS) is 27.1. The lowest BCUT2D eigenvalue weighted by molar-refractivity contribution is 0.0480. The number of nitrogens with zero attached hydrogens (tertiary/aromatic N) is 1. The van der Waals surface area contributed by atoms with Crippen molar-refractivity contribution in [2.45, 2.75) is 18.6 Å². The molecule has 0 saturated carbocycles. The monoisotopic (exact) mass is 206 g/mol. The average molecular weight is 206 g/mol. The van der Waals surface area contributed by atoms with E-state index in [-0.39, 0.29) is 0 Å². The van der Waals surface area contributed by atoms with Crippen LogP contribution < -0.4 is 5.73 Å². The SMILES string of the molecule is CN1CCC(O)(c2ccccc2CN)C1. The maximum Gasteiger partial charge on any atom is 0.104 e. The Morgan fingerprint density at radius 1 is 1.47 bits per heavy atom. The van der Waals surface area contributed by atoms with Gasteiger partial charge in [0.2, 0.25) is 0 Å². The van der Waals surface area contributed by atoms with Crippen molar-refractivity contribution in [3.8, 4) is 0 Å². The molecule has 1 unspecified atom stereocenters. The van der Waals surface area contributed by atoms with Gasteiger partial charge in [-0.2, -0.15) is 0 Å². The number of hydrogen-bond donors (Lipinski definition) is 2. The molecule has 1 saturated heterocycles. The first-order valence-corrected chi connectivity index (χ1v) is 5.35. The molecule has 1 aliphatic rings. The fourth-order valence-corrected chi connectivity index (χ4v) is 2.35. The number of β-amino-alcohol motifs (C(OH)–C–C–N with tert-alkyl or cyclic N) is 1. The van der Waals surface area contributed by atoms with E-state index in [2.05, 4.69) is 4.90 Å². The highest BCUT2D eigenvalue weighted by Crippen LogP contribution is 2.33. The highest BCUT2D eigenvalue weighted by atomic mass is 16.3. The van der Waals surface area contributed by atoms with Gasteiger partial charge in [-0.3, -0.25) is 0 Å². The van der Waals surface area contributed by atoms with E-state index in [1.807, 2.05) is 31.3 Å². The summed E-state index contributed by atoms with van der Waals surface area (Å²) in [6, 6.07) is 7.91. The zero-order valence-corrected chi connectivity index (χ0v) is 9.11. The van der Waals surface area contributed by atoms with Crippen LogP contribution >= 0.6 is 0 Å². The van der Waals surface area contributed by atoms with Gasteiger partial charge in [0.05, 0.1) is 0 Å².